The molecule has 3 aliphatic rings. The Balaban J connectivity index is 1.42. The number of rotatable bonds is 4. The first kappa shape index (κ1) is 24.9. The van der Waals surface area contributed by atoms with Gasteiger partial charge in [0.1, 0.15) is 0 Å². The standard InChI is InChI=1S/C27H36N2O4S2/c1-18-9-19(2)15-28(14-18)34(30,31)24-5-7-26-22(12-24)11-23-13-25(6-8-27(23)26)35(32,33)29-16-20(3)10-21(4)17-29/h5-8,12-13,18-21H,9-11,14-17H2,1-4H3/t18-,19-,20+,21+. The van der Waals surface area contributed by atoms with E-state index in [0.717, 1.165) is 35.1 Å². The second kappa shape index (κ2) is 8.98. The van der Waals surface area contributed by atoms with Gasteiger partial charge >= 0.3 is 0 Å². The third-order valence-electron chi connectivity index (χ3n) is 7.77. The van der Waals surface area contributed by atoms with Crippen molar-refractivity contribution in [2.45, 2.75) is 56.7 Å². The monoisotopic (exact) mass is 516 g/mol. The van der Waals surface area contributed by atoms with Gasteiger partial charge in [0.05, 0.1) is 9.79 Å². The average Bonchev–Trinajstić information content (AvgIpc) is 3.15. The maximum absolute atomic E-state index is 13.4. The van der Waals surface area contributed by atoms with Crippen LogP contribution in [-0.2, 0) is 26.5 Å². The van der Waals surface area contributed by atoms with E-state index in [2.05, 4.69) is 27.7 Å². The van der Waals surface area contributed by atoms with Crippen molar-refractivity contribution in [3.05, 3.63) is 47.5 Å². The fourth-order valence-corrected chi connectivity index (χ4v) is 9.85. The van der Waals surface area contributed by atoms with Gasteiger partial charge < -0.3 is 0 Å². The van der Waals surface area contributed by atoms with Crippen molar-refractivity contribution in [3.8, 4) is 11.1 Å². The molecule has 0 saturated carbocycles. The van der Waals surface area contributed by atoms with Gasteiger partial charge in [0, 0.05) is 26.2 Å². The first-order chi connectivity index (χ1) is 16.4. The molecule has 0 unspecified atom stereocenters. The van der Waals surface area contributed by atoms with E-state index in [0.29, 0.717) is 66.1 Å². The van der Waals surface area contributed by atoms with Gasteiger partial charge in [-0.05, 0) is 89.5 Å². The molecule has 1 aliphatic carbocycles. The van der Waals surface area contributed by atoms with Gasteiger partial charge in [-0.15, -0.1) is 0 Å². The lowest BCUT2D eigenvalue weighted by molar-refractivity contribution is 0.222. The summed E-state index contributed by atoms with van der Waals surface area (Å²) in [5, 5.41) is 0. The van der Waals surface area contributed by atoms with Gasteiger partial charge in [0.15, 0.2) is 0 Å². The van der Waals surface area contributed by atoms with Crippen LogP contribution in [0.4, 0.5) is 0 Å². The quantitative estimate of drug-likeness (QED) is 0.508. The largest absolute Gasteiger partial charge is 0.243 e. The fourth-order valence-electron chi connectivity index (χ4n) is 6.39. The van der Waals surface area contributed by atoms with Crippen LogP contribution < -0.4 is 0 Å². The van der Waals surface area contributed by atoms with E-state index in [-0.39, 0.29) is 0 Å². The summed E-state index contributed by atoms with van der Waals surface area (Å²) in [4.78, 5) is 0.656. The summed E-state index contributed by atoms with van der Waals surface area (Å²) in [6.45, 7) is 10.6. The normalized spacial score (nSPS) is 28.0. The van der Waals surface area contributed by atoms with E-state index in [1.54, 1.807) is 32.9 Å². The Bertz CT molecular complexity index is 1230. The summed E-state index contributed by atoms with van der Waals surface area (Å²) >= 11 is 0. The molecule has 8 heteroatoms. The lowest BCUT2D eigenvalue weighted by Gasteiger charge is -2.34. The smallest absolute Gasteiger partial charge is 0.207 e. The molecule has 5 rings (SSSR count). The van der Waals surface area contributed by atoms with E-state index in [4.69, 9.17) is 0 Å². The summed E-state index contributed by atoms with van der Waals surface area (Å²) < 4.78 is 56.9. The van der Waals surface area contributed by atoms with Gasteiger partial charge in [-0.1, -0.05) is 39.8 Å². The highest BCUT2D eigenvalue weighted by Gasteiger charge is 2.34. The zero-order valence-corrected chi connectivity index (χ0v) is 22.7. The Morgan fingerprint density at radius 2 is 0.943 bits per heavy atom. The minimum Gasteiger partial charge on any atom is -0.207 e. The van der Waals surface area contributed by atoms with Crippen molar-refractivity contribution >= 4 is 20.0 Å². The topological polar surface area (TPSA) is 74.8 Å². The summed E-state index contributed by atoms with van der Waals surface area (Å²) in [5.41, 5.74) is 3.86. The van der Waals surface area contributed by atoms with Gasteiger partial charge in [0.2, 0.25) is 20.0 Å². The molecule has 2 aromatic carbocycles. The molecule has 2 aromatic rings. The van der Waals surface area contributed by atoms with Crippen molar-refractivity contribution < 1.29 is 16.8 Å². The molecule has 2 heterocycles. The molecule has 35 heavy (non-hydrogen) atoms. The van der Waals surface area contributed by atoms with E-state index >= 15 is 0 Å². The molecular formula is C27H36N2O4S2. The van der Waals surface area contributed by atoms with Gasteiger partial charge in [-0.3, -0.25) is 0 Å². The van der Waals surface area contributed by atoms with Gasteiger partial charge in [-0.2, -0.15) is 8.61 Å². The fraction of sp³-hybridized carbons (Fsp3) is 0.556. The van der Waals surface area contributed by atoms with Crippen LogP contribution in [0.1, 0.15) is 51.7 Å². The van der Waals surface area contributed by atoms with Crippen molar-refractivity contribution in [2.75, 3.05) is 26.2 Å². The number of hydrogen-bond donors (Lipinski definition) is 0. The predicted octanol–water partition coefficient (Wildman–Crippen LogP) is 4.59. The first-order valence-electron chi connectivity index (χ1n) is 12.7. The molecule has 0 radical (unpaired) electrons. The van der Waals surface area contributed by atoms with Crippen LogP contribution in [0.25, 0.3) is 11.1 Å². The number of sulfonamides is 2. The summed E-state index contributed by atoms with van der Waals surface area (Å²) in [7, 11) is -7.12. The number of nitrogens with zero attached hydrogens (tertiary/aromatic N) is 2. The second-order valence-electron chi connectivity index (χ2n) is 11.4. The number of piperidine rings is 2. The van der Waals surface area contributed by atoms with Crippen molar-refractivity contribution in [1.82, 2.24) is 8.61 Å². The van der Waals surface area contributed by atoms with E-state index < -0.39 is 20.0 Å². The van der Waals surface area contributed by atoms with Gasteiger partial charge in [0.25, 0.3) is 0 Å². The molecule has 0 spiro atoms. The molecule has 2 fully saturated rings. The summed E-state index contributed by atoms with van der Waals surface area (Å²) in [6, 6.07) is 10.7. The molecule has 6 nitrogen and oxygen atoms in total. The number of benzene rings is 2. The van der Waals surface area contributed by atoms with Crippen LogP contribution in [0.5, 0.6) is 0 Å². The van der Waals surface area contributed by atoms with Crippen molar-refractivity contribution in [3.63, 3.8) is 0 Å². The maximum Gasteiger partial charge on any atom is 0.243 e. The van der Waals surface area contributed by atoms with Crippen molar-refractivity contribution in [1.29, 1.82) is 0 Å². The zero-order chi connectivity index (χ0) is 25.1. The van der Waals surface area contributed by atoms with Crippen LogP contribution >= 0.6 is 0 Å². The minimum atomic E-state index is -3.56. The van der Waals surface area contributed by atoms with E-state index in [1.165, 1.54) is 0 Å². The maximum atomic E-state index is 13.4. The minimum absolute atomic E-state index is 0.328. The number of hydrogen-bond acceptors (Lipinski definition) is 4. The average molecular weight is 517 g/mol. The first-order valence-corrected chi connectivity index (χ1v) is 15.6. The highest BCUT2D eigenvalue weighted by Crippen LogP contribution is 2.40. The highest BCUT2D eigenvalue weighted by molar-refractivity contribution is 7.89. The Kier molecular flexibility index (Phi) is 6.39. The molecule has 0 aromatic heterocycles. The zero-order valence-electron chi connectivity index (χ0n) is 21.1. The summed E-state index contributed by atoms with van der Waals surface area (Å²) in [5.74, 6) is 1.38. The molecule has 0 amide bonds. The lowest BCUT2D eigenvalue weighted by atomic mass is 9.94. The van der Waals surface area contributed by atoms with Crippen molar-refractivity contribution in [2.24, 2.45) is 23.7 Å². The molecular weight excluding hydrogens is 480 g/mol. The Morgan fingerprint density at radius 1 is 0.600 bits per heavy atom. The van der Waals surface area contributed by atoms with Crippen LogP contribution in [-0.4, -0.2) is 51.6 Å². The molecule has 2 saturated heterocycles. The second-order valence-corrected chi connectivity index (χ2v) is 15.2. The van der Waals surface area contributed by atoms with Gasteiger partial charge in [-0.25, -0.2) is 16.8 Å². The summed E-state index contributed by atoms with van der Waals surface area (Å²) in [6.07, 6.45) is 2.63. The highest BCUT2D eigenvalue weighted by atomic mass is 32.2. The molecule has 2 aliphatic heterocycles. The Morgan fingerprint density at radius 3 is 1.29 bits per heavy atom. The molecule has 0 N–H and O–H groups in total. The molecule has 4 atom stereocenters. The third-order valence-corrected chi connectivity index (χ3v) is 11.4. The Labute approximate surface area is 210 Å². The molecule has 190 valence electrons. The van der Waals surface area contributed by atoms with E-state index in [1.807, 2.05) is 12.1 Å². The third kappa shape index (κ3) is 4.59. The molecule has 0 bridgehead atoms. The number of fused-ring (bicyclic) bond motifs is 3. The predicted molar refractivity (Wildman–Crippen MR) is 138 cm³/mol. The van der Waals surface area contributed by atoms with Crippen LogP contribution in [0.15, 0.2) is 46.2 Å². The SMILES string of the molecule is C[C@@H]1C[C@@H](C)CN(S(=O)(=O)c2ccc3c(c2)Cc2cc(S(=O)(=O)N4C[C@@H](C)C[C@H](C)C4)ccc2-3)C1. The lowest BCUT2D eigenvalue weighted by Crippen LogP contribution is -2.42. The van der Waals surface area contributed by atoms with E-state index in [9.17, 15) is 16.8 Å². The van der Waals surface area contributed by atoms with Crippen LogP contribution in [0, 0.1) is 23.7 Å². The van der Waals surface area contributed by atoms with Crippen LogP contribution in [0.2, 0.25) is 0 Å². The Hall–Kier alpha value is -1.74. The van der Waals surface area contributed by atoms with Crippen LogP contribution in [0.3, 0.4) is 0 Å².